The number of amides is 2. The van der Waals surface area contributed by atoms with Gasteiger partial charge >= 0.3 is 0 Å². The normalized spacial score (nSPS) is 16.4. The average molecular weight is 275 g/mol. The minimum absolute atomic E-state index is 0.0237. The molecule has 108 valence electrons. The number of nitrogens with one attached hydrogen (secondary N) is 1. The van der Waals surface area contributed by atoms with E-state index in [0.29, 0.717) is 26.1 Å². The fourth-order valence-electron chi connectivity index (χ4n) is 2.32. The number of nitrogens with zero attached hydrogens (tertiary/aromatic N) is 1. The van der Waals surface area contributed by atoms with Gasteiger partial charge in [0.1, 0.15) is 0 Å². The van der Waals surface area contributed by atoms with Gasteiger partial charge in [0.15, 0.2) is 0 Å². The molecule has 2 amide bonds. The fraction of sp³-hybridized carbons (Fsp3) is 0.467. The van der Waals surface area contributed by atoms with Crippen molar-refractivity contribution in [1.82, 2.24) is 10.2 Å². The largest absolute Gasteiger partial charge is 0.348 e. The molecule has 2 rings (SSSR count). The van der Waals surface area contributed by atoms with Gasteiger partial charge in [-0.1, -0.05) is 37.3 Å². The monoisotopic (exact) mass is 275 g/mol. The summed E-state index contributed by atoms with van der Waals surface area (Å²) in [7, 11) is 0. The molecular weight excluding hydrogens is 254 g/mol. The van der Waals surface area contributed by atoms with Gasteiger partial charge in [0.25, 0.3) is 0 Å². The number of hydrogen-bond donors (Lipinski definition) is 2. The summed E-state index contributed by atoms with van der Waals surface area (Å²) in [6, 6.07) is 9.51. The van der Waals surface area contributed by atoms with Crippen molar-refractivity contribution in [3.8, 4) is 0 Å². The number of benzene rings is 1. The van der Waals surface area contributed by atoms with Crippen LogP contribution in [-0.2, 0) is 9.59 Å². The molecule has 1 aliphatic heterocycles. The lowest BCUT2D eigenvalue weighted by Gasteiger charge is -2.38. The Morgan fingerprint density at radius 1 is 1.35 bits per heavy atom. The van der Waals surface area contributed by atoms with E-state index in [0.717, 1.165) is 5.56 Å². The molecule has 1 aliphatic rings. The maximum Gasteiger partial charge on any atom is 0.227 e. The van der Waals surface area contributed by atoms with Gasteiger partial charge in [-0.2, -0.15) is 0 Å². The van der Waals surface area contributed by atoms with Crippen molar-refractivity contribution >= 4 is 11.8 Å². The number of hydrogen-bond acceptors (Lipinski definition) is 3. The first kappa shape index (κ1) is 14.5. The molecule has 1 heterocycles. The predicted octanol–water partition coefficient (Wildman–Crippen LogP) is 0.671. The molecule has 0 radical (unpaired) electrons. The van der Waals surface area contributed by atoms with Crippen LogP contribution in [0.5, 0.6) is 0 Å². The van der Waals surface area contributed by atoms with Crippen LogP contribution in [0, 0.1) is 5.92 Å². The molecular formula is C15H21N3O2. The van der Waals surface area contributed by atoms with Crippen molar-refractivity contribution in [3.05, 3.63) is 35.9 Å². The Morgan fingerprint density at radius 2 is 2.00 bits per heavy atom. The van der Waals surface area contributed by atoms with Crippen LogP contribution in [-0.4, -0.2) is 36.3 Å². The first-order valence-electron chi connectivity index (χ1n) is 6.98. The van der Waals surface area contributed by atoms with Crippen LogP contribution >= 0.6 is 0 Å². The summed E-state index contributed by atoms with van der Waals surface area (Å²) in [6.45, 7) is 3.23. The van der Waals surface area contributed by atoms with E-state index in [1.165, 1.54) is 0 Å². The number of carbonyl (C=O) groups is 2. The van der Waals surface area contributed by atoms with Crippen molar-refractivity contribution in [3.63, 3.8) is 0 Å². The zero-order valence-electron chi connectivity index (χ0n) is 11.7. The Morgan fingerprint density at radius 3 is 2.55 bits per heavy atom. The molecule has 0 unspecified atom stereocenters. The van der Waals surface area contributed by atoms with Gasteiger partial charge in [0.2, 0.25) is 11.8 Å². The highest BCUT2D eigenvalue weighted by Gasteiger charge is 2.35. The second kappa shape index (κ2) is 6.52. The summed E-state index contributed by atoms with van der Waals surface area (Å²) in [5.74, 6) is -0.0276. The third-order valence-electron chi connectivity index (χ3n) is 3.66. The second-order valence-corrected chi connectivity index (χ2v) is 5.06. The smallest absolute Gasteiger partial charge is 0.227 e. The molecule has 0 aromatic heterocycles. The summed E-state index contributed by atoms with van der Waals surface area (Å²) in [6.07, 6.45) is 0.490. The number of likely N-dealkylation sites (tertiary alicyclic amines) is 1. The van der Waals surface area contributed by atoms with Crippen LogP contribution < -0.4 is 11.1 Å². The van der Waals surface area contributed by atoms with Crippen LogP contribution in [0.25, 0.3) is 0 Å². The Labute approximate surface area is 119 Å². The maximum absolute atomic E-state index is 12.1. The third kappa shape index (κ3) is 3.17. The minimum atomic E-state index is -0.167. The number of nitrogens with two attached hydrogens (primary N) is 1. The molecule has 0 spiro atoms. The summed E-state index contributed by atoms with van der Waals surface area (Å²) in [5, 5.41) is 2.96. The predicted molar refractivity (Wildman–Crippen MR) is 76.7 cm³/mol. The summed E-state index contributed by atoms with van der Waals surface area (Å²) < 4.78 is 0. The van der Waals surface area contributed by atoms with Crippen molar-refractivity contribution in [2.75, 3.05) is 19.6 Å². The van der Waals surface area contributed by atoms with E-state index < -0.39 is 0 Å². The molecule has 1 atom stereocenters. The van der Waals surface area contributed by atoms with Gasteiger partial charge in [-0.15, -0.1) is 0 Å². The lowest BCUT2D eigenvalue weighted by molar-refractivity contribution is -0.143. The van der Waals surface area contributed by atoms with E-state index in [-0.39, 0.29) is 23.8 Å². The van der Waals surface area contributed by atoms with Crippen molar-refractivity contribution in [2.45, 2.75) is 19.4 Å². The summed E-state index contributed by atoms with van der Waals surface area (Å²) in [4.78, 5) is 25.3. The van der Waals surface area contributed by atoms with E-state index in [4.69, 9.17) is 5.73 Å². The first-order valence-corrected chi connectivity index (χ1v) is 6.98. The molecule has 5 heteroatoms. The van der Waals surface area contributed by atoms with Crippen LogP contribution in [0.4, 0.5) is 0 Å². The molecule has 0 saturated carbocycles. The highest BCUT2D eigenvalue weighted by Crippen LogP contribution is 2.19. The van der Waals surface area contributed by atoms with Crippen molar-refractivity contribution in [2.24, 2.45) is 11.7 Å². The van der Waals surface area contributed by atoms with E-state index in [1.807, 2.05) is 37.3 Å². The first-order chi connectivity index (χ1) is 9.65. The third-order valence-corrected chi connectivity index (χ3v) is 3.66. The molecule has 0 aliphatic carbocycles. The molecule has 3 N–H and O–H groups in total. The molecule has 20 heavy (non-hydrogen) atoms. The van der Waals surface area contributed by atoms with Crippen LogP contribution in [0.2, 0.25) is 0 Å². The average Bonchev–Trinajstić information content (AvgIpc) is 2.43. The highest BCUT2D eigenvalue weighted by atomic mass is 16.2. The standard InChI is InChI=1S/C15H21N3O2/c1-2-14(19)18-9-12(10-18)15(20)17-13(8-16)11-6-4-3-5-7-11/h3-7,12-13H,2,8-10,16H2,1H3,(H,17,20)/t13-/m1/s1. The molecule has 1 saturated heterocycles. The quantitative estimate of drug-likeness (QED) is 0.829. The molecule has 0 bridgehead atoms. The number of rotatable bonds is 5. The summed E-state index contributed by atoms with van der Waals surface area (Å²) >= 11 is 0. The van der Waals surface area contributed by atoms with Gasteiger partial charge in [0, 0.05) is 26.1 Å². The van der Waals surface area contributed by atoms with Gasteiger partial charge in [-0.25, -0.2) is 0 Å². The lowest BCUT2D eigenvalue weighted by atomic mass is 9.97. The van der Waals surface area contributed by atoms with E-state index >= 15 is 0 Å². The zero-order valence-corrected chi connectivity index (χ0v) is 11.7. The Balaban J connectivity index is 1.87. The lowest BCUT2D eigenvalue weighted by Crippen LogP contribution is -2.56. The molecule has 1 aromatic carbocycles. The molecule has 1 fully saturated rings. The van der Waals surface area contributed by atoms with Gasteiger partial charge in [-0.3, -0.25) is 9.59 Å². The zero-order chi connectivity index (χ0) is 14.5. The summed E-state index contributed by atoms with van der Waals surface area (Å²) in [5.41, 5.74) is 6.73. The highest BCUT2D eigenvalue weighted by molar-refractivity contribution is 5.84. The van der Waals surface area contributed by atoms with Crippen molar-refractivity contribution < 1.29 is 9.59 Å². The van der Waals surface area contributed by atoms with Crippen molar-refractivity contribution in [1.29, 1.82) is 0 Å². The van der Waals surface area contributed by atoms with Crippen LogP contribution in [0.1, 0.15) is 24.9 Å². The minimum Gasteiger partial charge on any atom is -0.348 e. The number of carbonyl (C=O) groups excluding carboxylic acids is 2. The topological polar surface area (TPSA) is 75.4 Å². The van der Waals surface area contributed by atoms with Gasteiger partial charge in [0.05, 0.1) is 12.0 Å². The Bertz CT molecular complexity index is 469. The second-order valence-electron chi connectivity index (χ2n) is 5.06. The SMILES string of the molecule is CCC(=O)N1CC(C(=O)N[C@H](CN)c2ccccc2)C1. The Hall–Kier alpha value is -1.88. The van der Waals surface area contributed by atoms with Crippen LogP contribution in [0.15, 0.2) is 30.3 Å². The maximum atomic E-state index is 12.1. The molecule has 5 nitrogen and oxygen atoms in total. The van der Waals surface area contributed by atoms with Gasteiger partial charge < -0.3 is 16.0 Å². The molecule has 1 aromatic rings. The van der Waals surface area contributed by atoms with Crippen LogP contribution in [0.3, 0.4) is 0 Å². The van der Waals surface area contributed by atoms with E-state index in [9.17, 15) is 9.59 Å². The Kier molecular flexibility index (Phi) is 4.74. The fourth-order valence-corrected chi connectivity index (χ4v) is 2.32. The van der Waals surface area contributed by atoms with E-state index in [1.54, 1.807) is 4.90 Å². The van der Waals surface area contributed by atoms with E-state index in [2.05, 4.69) is 5.32 Å². The van der Waals surface area contributed by atoms with Gasteiger partial charge in [-0.05, 0) is 5.56 Å².